The normalized spacial score (nSPS) is 13.2. The predicted octanol–water partition coefficient (Wildman–Crippen LogP) is 6.68. The molecule has 1 aliphatic rings. The van der Waals surface area contributed by atoms with Crippen molar-refractivity contribution in [1.29, 1.82) is 5.26 Å². The topological polar surface area (TPSA) is 141 Å². The van der Waals surface area contributed by atoms with E-state index in [1.54, 1.807) is 35.2 Å². The van der Waals surface area contributed by atoms with E-state index in [9.17, 15) is 20.3 Å². The van der Waals surface area contributed by atoms with Crippen molar-refractivity contribution >= 4 is 17.5 Å². The summed E-state index contributed by atoms with van der Waals surface area (Å²) in [5, 5.41) is 36.0. The van der Waals surface area contributed by atoms with Gasteiger partial charge in [0.05, 0.1) is 29.4 Å². The largest absolute Gasteiger partial charge is 0.488 e. The molecule has 10 nitrogen and oxygen atoms in total. The molecule has 0 saturated carbocycles. The second kappa shape index (κ2) is 16.7. The van der Waals surface area contributed by atoms with Crippen molar-refractivity contribution in [2.75, 3.05) is 26.2 Å². The molecular formula is C40H39ClN4O6. The van der Waals surface area contributed by atoms with Gasteiger partial charge in [-0.2, -0.15) is 5.26 Å². The maximum atomic E-state index is 13.0. The number of hydrogen-bond acceptors (Lipinski definition) is 9. The third-order valence-corrected chi connectivity index (χ3v) is 9.23. The van der Waals surface area contributed by atoms with E-state index in [1.807, 2.05) is 61.5 Å². The summed E-state index contributed by atoms with van der Waals surface area (Å²) in [6.45, 7) is 4.39. The monoisotopic (exact) mass is 706 g/mol. The summed E-state index contributed by atoms with van der Waals surface area (Å²) in [6, 6.07) is 28.6. The number of aromatic nitrogens is 1. The number of carbonyl (C=O) groups is 1. The van der Waals surface area contributed by atoms with Crippen LogP contribution in [0.5, 0.6) is 11.5 Å². The minimum atomic E-state index is -0.368. The molecular weight excluding hydrogens is 668 g/mol. The van der Waals surface area contributed by atoms with Gasteiger partial charge >= 0.3 is 0 Å². The maximum absolute atomic E-state index is 13.0. The van der Waals surface area contributed by atoms with Crippen LogP contribution in [0.2, 0.25) is 5.02 Å². The number of rotatable bonds is 13. The highest BCUT2D eigenvalue weighted by Crippen LogP contribution is 2.35. The van der Waals surface area contributed by atoms with Gasteiger partial charge in [0.25, 0.3) is 5.91 Å². The van der Waals surface area contributed by atoms with Crippen LogP contribution >= 0.6 is 11.6 Å². The van der Waals surface area contributed by atoms with Crippen molar-refractivity contribution in [3.63, 3.8) is 0 Å². The van der Waals surface area contributed by atoms with Gasteiger partial charge < -0.3 is 34.4 Å². The number of nitrogens with one attached hydrogen (secondary N) is 1. The number of benzene rings is 4. The molecule has 2 heterocycles. The average molecular weight is 707 g/mol. The summed E-state index contributed by atoms with van der Waals surface area (Å²) in [5.41, 5.74) is 7.25. The van der Waals surface area contributed by atoms with Gasteiger partial charge in [0.1, 0.15) is 24.7 Å². The van der Waals surface area contributed by atoms with Crippen molar-refractivity contribution in [3.8, 4) is 40.0 Å². The Morgan fingerprint density at radius 2 is 1.75 bits per heavy atom. The summed E-state index contributed by atoms with van der Waals surface area (Å²) >= 11 is 6.71. The number of ether oxygens (including phenoxy) is 2. The zero-order chi connectivity index (χ0) is 35.7. The number of aliphatic hydroxyl groups is 2. The van der Waals surface area contributed by atoms with E-state index < -0.39 is 0 Å². The van der Waals surface area contributed by atoms with Gasteiger partial charge in [0, 0.05) is 49.4 Å². The second-order valence-corrected chi connectivity index (χ2v) is 12.9. The van der Waals surface area contributed by atoms with Crippen LogP contribution in [0.25, 0.3) is 22.5 Å². The van der Waals surface area contributed by atoms with Gasteiger partial charge in [-0.3, -0.25) is 4.79 Å². The van der Waals surface area contributed by atoms with Crippen molar-refractivity contribution < 1.29 is 29.0 Å². The van der Waals surface area contributed by atoms with Gasteiger partial charge in [-0.05, 0) is 71.8 Å². The molecule has 1 amide bonds. The summed E-state index contributed by atoms with van der Waals surface area (Å²) in [7, 11) is 0. The molecule has 0 radical (unpaired) electrons. The van der Waals surface area contributed by atoms with Crippen LogP contribution in [0.3, 0.4) is 0 Å². The molecule has 5 aromatic rings. The van der Waals surface area contributed by atoms with Gasteiger partial charge in [0.2, 0.25) is 0 Å². The van der Waals surface area contributed by atoms with Crippen LogP contribution in [-0.2, 0) is 19.8 Å². The Hall–Kier alpha value is -5.18. The van der Waals surface area contributed by atoms with E-state index in [-0.39, 0.29) is 37.5 Å². The van der Waals surface area contributed by atoms with Gasteiger partial charge in [0.15, 0.2) is 11.5 Å². The number of amides is 1. The van der Waals surface area contributed by atoms with E-state index in [0.717, 1.165) is 38.9 Å². The molecule has 1 aromatic heterocycles. The molecule has 0 spiro atoms. The molecule has 0 atom stereocenters. The standard InChI is InChI=1S/C40H39ClN4O6/c1-26-31(25-50-39-21-37(32(19-35(39)41)23-43-13-16-46)49-24-28-6-2-5-27(17-28)22-42)9-4-10-34(26)29-7-3-8-30(18-29)38-20-36(44-51-38)40(48)45-14-11-33(47)12-15-45/h2-10,17-21,33,43,46-47H,11-16,23-25H2,1H3. The average Bonchev–Trinajstić information content (AvgIpc) is 3.65. The zero-order valence-corrected chi connectivity index (χ0v) is 29.0. The molecule has 51 heavy (non-hydrogen) atoms. The highest BCUT2D eigenvalue weighted by atomic mass is 35.5. The lowest BCUT2D eigenvalue weighted by molar-refractivity contribution is 0.0538. The SMILES string of the molecule is Cc1c(COc2cc(OCc3cccc(C#N)c3)c(CNCCO)cc2Cl)cccc1-c1cccc(-c2cc(C(=O)N3CCC(O)CC3)no2)c1. The van der Waals surface area contributed by atoms with E-state index in [0.29, 0.717) is 66.9 Å². The molecule has 1 saturated heterocycles. The predicted molar refractivity (Wildman–Crippen MR) is 193 cm³/mol. The number of piperidine rings is 1. The van der Waals surface area contributed by atoms with E-state index in [1.165, 1.54) is 0 Å². The Balaban J connectivity index is 1.18. The number of likely N-dealkylation sites (tertiary alicyclic amines) is 1. The lowest BCUT2D eigenvalue weighted by atomic mass is 9.95. The zero-order valence-electron chi connectivity index (χ0n) is 28.3. The van der Waals surface area contributed by atoms with Crippen molar-refractivity contribution in [3.05, 3.63) is 123 Å². The summed E-state index contributed by atoms with van der Waals surface area (Å²) in [6.07, 6.45) is 0.745. The number of hydrogen-bond donors (Lipinski definition) is 3. The summed E-state index contributed by atoms with van der Waals surface area (Å²) in [5.74, 6) is 1.34. The Morgan fingerprint density at radius 3 is 2.55 bits per heavy atom. The Kier molecular flexibility index (Phi) is 11.7. The minimum absolute atomic E-state index is 0.00264. The summed E-state index contributed by atoms with van der Waals surface area (Å²) < 4.78 is 18.1. The number of carbonyl (C=O) groups excluding carboxylic acids is 1. The molecule has 0 bridgehead atoms. The highest BCUT2D eigenvalue weighted by Gasteiger charge is 2.25. The minimum Gasteiger partial charge on any atom is -0.488 e. The van der Waals surface area contributed by atoms with Gasteiger partial charge in [-0.15, -0.1) is 0 Å². The number of aliphatic hydroxyl groups excluding tert-OH is 2. The maximum Gasteiger partial charge on any atom is 0.276 e. The Labute approximate surface area is 301 Å². The number of nitrogens with zero attached hydrogens (tertiary/aromatic N) is 3. The fourth-order valence-corrected chi connectivity index (χ4v) is 6.28. The first kappa shape index (κ1) is 35.6. The van der Waals surface area contributed by atoms with Crippen LogP contribution in [-0.4, -0.2) is 58.5 Å². The van der Waals surface area contributed by atoms with Gasteiger partial charge in [-0.25, -0.2) is 0 Å². The third kappa shape index (κ3) is 8.77. The van der Waals surface area contributed by atoms with Crippen molar-refractivity contribution in [2.45, 2.75) is 45.6 Å². The van der Waals surface area contributed by atoms with Crippen molar-refractivity contribution in [1.82, 2.24) is 15.4 Å². The molecule has 6 rings (SSSR count). The van der Waals surface area contributed by atoms with Crippen LogP contribution in [0.1, 0.15) is 51.1 Å². The molecule has 11 heteroatoms. The fourth-order valence-electron chi connectivity index (χ4n) is 6.04. The van der Waals surface area contributed by atoms with Crippen LogP contribution < -0.4 is 14.8 Å². The smallest absolute Gasteiger partial charge is 0.276 e. The molecule has 262 valence electrons. The second-order valence-electron chi connectivity index (χ2n) is 12.5. The molecule has 1 aliphatic heterocycles. The number of nitriles is 1. The van der Waals surface area contributed by atoms with E-state index in [4.69, 9.17) is 25.6 Å². The third-order valence-electron chi connectivity index (χ3n) is 8.94. The molecule has 3 N–H and O–H groups in total. The Morgan fingerprint density at radius 1 is 0.980 bits per heavy atom. The first-order valence-electron chi connectivity index (χ1n) is 16.8. The highest BCUT2D eigenvalue weighted by molar-refractivity contribution is 6.32. The van der Waals surface area contributed by atoms with Crippen molar-refractivity contribution in [2.24, 2.45) is 0 Å². The lowest BCUT2D eigenvalue weighted by Gasteiger charge is -2.28. The van der Waals surface area contributed by atoms with Crippen LogP contribution in [0, 0.1) is 18.3 Å². The summed E-state index contributed by atoms with van der Waals surface area (Å²) in [4.78, 5) is 14.7. The first-order valence-corrected chi connectivity index (χ1v) is 17.2. The molecule has 1 fully saturated rings. The van der Waals surface area contributed by atoms with E-state index in [2.05, 4.69) is 16.5 Å². The quantitative estimate of drug-likeness (QED) is 0.114. The Bertz CT molecular complexity index is 2030. The van der Waals surface area contributed by atoms with Crippen LogP contribution in [0.4, 0.5) is 0 Å². The van der Waals surface area contributed by atoms with E-state index >= 15 is 0 Å². The molecule has 0 unspecified atom stereocenters. The molecule has 4 aromatic carbocycles. The van der Waals surface area contributed by atoms with Gasteiger partial charge in [-0.1, -0.05) is 65.3 Å². The number of halogens is 1. The fraction of sp³-hybridized carbons (Fsp3) is 0.275. The molecule has 0 aliphatic carbocycles. The lowest BCUT2D eigenvalue weighted by Crippen LogP contribution is -2.40. The first-order chi connectivity index (χ1) is 24.8. The van der Waals surface area contributed by atoms with Crippen LogP contribution in [0.15, 0.2) is 89.5 Å².